The minimum Gasteiger partial charge on any atom is -0.476 e. The molecule has 0 aromatic carbocycles. The molecule has 0 bridgehead atoms. The molecule has 3 heterocycles. The lowest BCUT2D eigenvalue weighted by molar-refractivity contribution is -0.141. The molecule has 2 aromatic heterocycles. The predicted octanol–water partition coefficient (Wildman–Crippen LogP) is 4.13. The van der Waals surface area contributed by atoms with E-state index in [1.54, 1.807) is 0 Å². The molecule has 2 atom stereocenters. The Morgan fingerprint density at radius 1 is 1.09 bits per heavy atom. The number of nitrogens with zero attached hydrogens (tertiary/aromatic N) is 3. The van der Waals surface area contributed by atoms with E-state index in [-0.39, 0.29) is 12.5 Å². The van der Waals surface area contributed by atoms with E-state index >= 15 is 0 Å². The molecule has 3 rings (SSSR count). The predicted molar refractivity (Wildman–Crippen MR) is 110 cm³/mol. The zero-order valence-electron chi connectivity index (χ0n) is 18.7. The number of likely N-dealkylation sites (N-methyl/N-ethyl adjacent to an activating group) is 1. The summed E-state index contributed by atoms with van der Waals surface area (Å²) < 4.78 is 83.2. The van der Waals surface area contributed by atoms with Gasteiger partial charge in [0.1, 0.15) is 17.9 Å². The highest BCUT2D eigenvalue weighted by molar-refractivity contribution is 5.82. The van der Waals surface area contributed by atoms with E-state index < -0.39 is 46.9 Å². The van der Waals surface area contributed by atoms with E-state index in [9.17, 15) is 31.1 Å². The fourth-order valence-electron chi connectivity index (χ4n) is 3.68. The van der Waals surface area contributed by atoms with Crippen molar-refractivity contribution in [2.75, 3.05) is 26.7 Å². The summed E-state index contributed by atoms with van der Waals surface area (Å²) >= 11 is 0. The topological polar surface area (TPSA) is 67.4 Å². The Morgan fingerprint density at radius 3 is 2.38 bits per heavy atom. The Hall–Kier alpha value is -2.89. The molecular formula is C22H24F6N4O2. The highest BCUT2D eigenvalue weighted by Crippen LogP contribution is 2.35. The minimum atomic E-state index is -4.66. The van der Waals surface area contributed by atoms with Crippen molar-refractivity contribution in [3.05, 3.63) is 53.5 Å². The quantitative estimate of drug-likeness (QED) is 0.617. The SMILES string of the molecule is CN1CC(NC(=O)C(C)(C)COc2ncccc2C(F)(F)F)C(c2ccc(C(F)(F)F)nc2)C1. The molecule has 0 radical (unpaired) electrons. The highest BCUT2D eigenvalue weighted by atomic mass is 19.4. The number of rotatable bonds is 6. The first-order valence-corrected chi connectivity index (χ1v) is 10.4. The molecule has 1 N–H and O–H groups in total. The Bertz CT molecular complexity index is 1010. The maximum Gasteiger partial charge on any atom is 0.433 e. The van der Waals surface area contributed by atoms with Crippen molar-refractivity contribution in [2.24, 2.45) is 5.41 Å². The summed E-state index contributed by atoms with van der Waals surface area (Å²) in [6.45, 7) is 3.59. The standard InChI is InChI=1S/C22H24F6N4O2/c1-20(2,12-34-18-15(21(23,24)25)5-4-8-29-18)19(33)31-16-11-32(3)10-14(16)13-6-7-17(30-9-13)22(26,27)28/h4-9,14,16H,10-12H2,1-3H3,(H,31,33). The van der Waals surface area contributed by atoms with Crippen LogP contribution < -0.4 is 10.1 Å². The van der Waals surface area contributed by atoms with Crippen molar-refractivity contribution >= 4 is 5.91 Å². The third kappa shape index (κ3) is 5.96. The van der Waals surface area contributed by atoms with Gasteiger partial charge in [-0.25, -0.2) is 4.98 Å². The number of hydrogen-bond acceptors (Lipinski definition) is 5. The summed E-state index contributed by atoms with van der Waals surface area (Å²) in [5.74, 6) is -1.40. The van der Waals surface area contributed by atoms with Gasteiger partial charge in [-0.1, -0.05) is 6.07 Å². The number of nitrogens with one attached hydrogen (secondary N) is 1. The normalized spacial score (nSPS) is 19.8. The summed E-state index contributed by atoms with van der Waals surface area (Å²) in [6, 6.07) is 3.78. The number of ether oxygens (including phenoxy) is 1. The maximum absolute atomic E-state index is 13.2. The Labute approximate surface area is 192 Å². The zero-order valence-corrected chi connectivity index (χ0v) is 18.7. The van der Waals surface area contributed by atoms with Gasteiger partial charge in [-0.15, -0.1) is 0 Å². The lowest BCUT2D eigenvalue weighted by Crippen LogP contribution is -2.48. The van der Waals surface area contributed by atoms with Crippen molar-refractivity contribution < 1.29 is 35.9 Å². The van der Waals surface area contributed by atoms with Gasteiger partial charge < -0.3 is 15.0 Å². The second kappa shape index (κ2) is 9.40. The van der Waals surface area contributed by atoms with Gasteiger partial charge >= 0.3 is 12.4 Å². The molecule has 6 nitrogen and oxygen atoms in total. The van der Waals surface area contributed by atoms with Crippen molar-refractivity contribution in [2.45, 2.75) is 38.2 Å². The van der Waals surface area contributed by atoms with Gasteiger partial charge in [-0.2, -0.15) is 26.3 Å². The molecule has 1 aliphatic heterocycles. The second-order valence-electron chi connectivity index (χ2n) is 8.91. The largest absolute Gasteiger partial charge is 0.476 e. The molecule has 0 spiro atoms. The van der Waals surface area contributed by atoms with Gasteiger partial charge in [0.25, 0.3) is 0 Å². The Balaban J connectivity index is 1.69. The summed E-state index contributed by atoms with van der Waals surface area (Å²) in [7, 11) is 1.81. The van der Waals surface area contributed by atoms with Crippen LogP contribution >= 0.6 is 0 Å². The van der Waals surface area contributed by atoms with Gasteiger partial charge in [-0.3, -0.25) is 9.78 Å². The molecule has 34 heavy (non-hydrogen) atoms. The number of aromatic nitrogens is 2. The van der Waals surface area contributed by atoms with Crippen molar-refractivity contribution in [3.8, 4) is 5.88 Å². The van der Waals surface area contributed by atoms with E-state index in [1.807, 2.05) is 11.9 Å². The number of carbonyl (C=O) groups is 1. The molecular weight excluding hydrogens is 466 g/mol. The maximum atomic E-state index is 13.2. The minimum absolute atomic E-state index is 0.312. The van der Waals surface area contributed by atoms with Crippen LogP contribution in [0.5, 0.6) is 5.88 Å². The number of halogens is 6. The lowest BCUT2D eigenvalue weighted by atomic mass is 9.90. The van der Waals surface area contributed by atoms with Crippen LogP contribution in [-0.2, 0) is 17.1 Å². The van der Waals surface area contributed by atoms with Crippen LogP contribution in [-0.4, -0.2) is 53.6 Å². The van der Waals surface area contributed by atoms with Gasteiger partial charge in [-0.05, 0) is 44.7 Å². The van der Waals surface area contributed by atoms with Crippen LogP contribution in [0, 0.1) is 5.41 Å². The van der Waals surface area contributed by atoms with Crippen LogP contribution in [0.1, 0.15) is 36.6 Å². The molecule has 1 saturated heterocycles. The van der Waals surface area contributed by atoms with E-state index in [2.05, 4.69) is 15.3 Å². The van der Waals surface area contributed by atoms with Crippen LogP contribution in [0.15, 0.2) is 36.7 Å². The smallest absolute Gasteiger partial charge is 0.433 e. The Kier molecular flexibility index (Phi) is 7.11. The number of hydrogen-bond donors (Lipinski definition) is 1. The average Bonchev–Trinajstić information content (AvgIpc) is 3.11. The molecule has 0 saturated carbocycles. The van der Waals surface area contributed by atoms with Gasteiger partial charge in [0.05, 0.1) is 5.41 Å². The van der Waals surface area contributed by atoms with E-state index in [0.717, 1.165) is 30.6 Å². The number of carbonyl (C=O) groups excluding carboxylic acids is 1. The van der Waals surface area contributed by atoms with E-state index in [1.165, 1.54) is 19.9 Å². The number of alkyl halides is 6. The molecule has 2 unspecified atom stereocenters. The van der Waals surface area contributed by atoms with Crippen LogP contribution in [0.25, 0.3) is 0 Å². The summed E-state index contributed by atoms with van der Waals surface area (Å²) in [6.07, 6.45) is -6.90. The van der Waals surface area contributed by atoms with Gasteiger partial charge in [0.2, 0.25) is 11.8 Å². The molecule has 1 fully saturated rings. The first-order chi connectivity index (χ1) is 15.7. The summed E-state index contributed by atoms with van der Waals surface area (Å²) in [5, 5.41) is 2.87. The van der Waals surface area contributed by atoms with Crippen LogP contribution in [0.3, 0.4) is 0 Å². The number of amides is 1. The molecule has 12 heteroatoms. The second-order valence-corrected chi connectivity index (χ2v) is 8.91. The van der Waals surface area contributed by atoms with Crippen molar-refractivity contribution in [3.63, 3.8) is 0 Å². The molecule has 186 valence electrons. The average molecular weight is 490 g/mol. The number of likely N-dealkylation sites (tertiary alicyclic amines) is 1. The molecule has 0 aliphatic carbocycles. The van der Waals surface area contributed by atoms with Gasteiger partial charge in [0, 0.05) is 37.4 Å². The first-order valence-electron chi connectivity index (χ1n) is 10.4. The number of pyridine rings is 2. The van der Waals surface area contributed by atoms with Crippen molar-refractivity contribution in [1.82, 2.24) is 20.2 Å². The monoisotopic (exact) mass is 490 g/mol. The molecule has 2 aromatic rings. The summed E-state index contributed by atoms with van der Waals surface area (Å²) in [5.41, 5.74) is -2.72. The van der Waals surface area contributed by atoms with E-state index in [4.69, 9.17) is 4.74 Å². The fourth-order valence-corrected chi connectivity index (χ4v) is 3.68. The lowest BCUT2D eigenvalue weighted by Gasteiger charge is -2.28. The highest BCUT2D eigenvalue weighted by Gasteiger charge is 2.39. The van der Waals surface area contributed by atoms with Gasteiger partial charge in [0.15, 0.2) is 0 Å². The van der Waals surface area contributed by atoms with E-state index in [0.29, 0.717) is 18.7 Å². The van der Waals surface area contributed by atoms with Crippen LogP contribution in [0.4, 0.5) is 26.3 Å². The Morgan fingerprint density at radius 2 is 1.79 bits per heavy atom. The first kappa shape index (κ1) is 25.7. The zero-order chi connectivity index (χ0) is 25.3. The third-order valence-electron chi connectivity index (χ3n) is 5.58. The molecule has 1 amide bonds. The third-order valence-corrected chi connectivity index (χ3v) is 5.58. The van der Waals surface area contributed by atoms with Crippen molar-refractivity contribution in [1.29, 1.82) is 0 Å². The molecule has 1 aliphatic rings. The summed E-state index contributed by atoms with van der Waals surface area (Å²) in [4.78, 5) is 22.0. The van der Waals surface area contributed by atoms with Crippen LogP contribution in [0.2, 0.25) is 0 Å². The fraction of sp³-hybridized carbons (Fsp3) is 0.500.